The van der Waals surface area contributed by atoms with Gasteiger partial charge in [-0.05, 0) is 48.5 Å². The van der Waals surface area contributed by atoms with E-state index in [0.29, 0.717) is 22.9 Å². The average Bonchev–Trinajstić information content (AvgIpc) is 3.44. The number of benzene rings is 4. The molecule has 0 aliphatic heterocycles. The first-order valence-electron chi connectivity index (χ1n) is 9.97. The number of nitrogens with zero attached hydrogens (tertiary/aromatic N) is 2. The number of aromatic hydroxyl groups is 2. The van der Waals surface area contributed by atoms with Gasteiger partial charge in [-0.1, -0.05) is 48.5 Å². The molecule has 8 heteroatoms. The number of oxazole rings is 2. The van der Waals surface area contributed by atoms with Gasteiger partial charge in [0.05, 0.1) is 11.1 Å². The van der Waals surface area contributed by atoms with Crippen LogP contribution in [0.3, 0.4) is 0 Å². The topological polar surface area (TPSA) is 92.5 Å². The standard InChI is InChI=1S/2C13H9NO2.2Al/c2*15-11-7-3-1-5-9(11)13-14-10-6-2-4-8-12(10)16-13;;/h2*1-8,15H;;. The van der Waals surface area contributed by atoms with Gasteiger partial charge >= 0.3 is 0 Å². The lowest BCUT2D eigenvalue weighted by Crippen LogP contribution is -1.77. The molecule has 162 valence electrons. The van der Waals surface area contributed by atoms with E-state index >= 15 is 0 Å². The van der Waals surface area contributed by atoms with Gasteiger partial charge in [0.25, 0.3) is 0 Å². The second-order valence-electron chi connectivity index (χ2n) is 7.01. The second-order valence-corrected chi connectivity index (χ2v) is 7.01. The highest BCUT2D eigenvalue weighted by Gasteiger charge is 2.11. The molecule has 0 unspecified atom stereocenters. The molecule has 0 atom stereocenters. The van der Waals surface area contributed by atoms with E-state index in [4.69, 9.17) is 8.83 Å². The third-order valence-corrected chi connectivity index (χ3v) is 4.86. The Bertz CT molecular complexity index is 1350. The zero-order valence-electron chi connectivity index (χ0n) is 18.0. The first kappa shape index (κ1) is 25.1. The number of hydrogen-bond donors (Lipinski definition) is 2. The van der Waals surface area contributed by atoms with Gasteiger partial charge in [-0.15, -0.1) is 0 Å². The van der Waals surface area contributed by atoms with Crippen molar-refractivity contribution in [3.8, 4) is 34.4 Å². The average molecular weight is 476 g/mol. The van der Waals surface area contributed by atoms with Crippen LogP contribution in [0.4, 0.5) is 0 Å². The van der Waals surface area contributed by atoms with Gasteiger partial charge in [-0.2, -0.15) is 0 Å². The zero-order chi connectivity index (χ0) is 21.9. The molecule has 0 bridgehead atoms. The van der Waals surface area contributed by atoms with E-state index < -0.39 is 0 Å². The molecule has 0 saturated carbocycles. The number of fused-ring (bicyclic) bond motifs is 2. The van der Waals surface area contributed by atoms with Crippen molar-refractivity contribution in [2.75, 3.05) is 0 Å². The van der Waals surface area contributed by atoms with Gasteiger partial charge in [0.1, 0.15) is 22.5 Å². The summed E-state index contributed by atoms with van der Waals surface area (Å²) in [5.41, 5.74) is 4.25. The second kappa shape index (κ2) is 11.1. The Morgan fingerprint density at radius 2 is 0.824 bits per heavy atom. The molecule has 2 N–H and O–H groups in total. The van der Waals surface area contributed by atoms with Crippen LogP contribution in [0.25, 0.3) is 45.1 Å². The van der Waals surface area contributed by atoms with E-state index in [9.17, 15) is 10.2 Å². The lowest BCUT2D eigenvalue weighted by Gasteiger charge is -1.97. The molecule has 6 nitrogen and oxygen atoms in total. The Morgan fingerprint density at radius 3 is 1.21 bits per heavy atom. The van der Waals surface area contributed by atoms with E-state index in [1.807, 2.05) is 60.7 Å². The Hall–Kier alpha value is -3.52. The molecular formula is C26H18Al2N2O4. The summed E-state index contributed by atoms with van der Waals surface area (Å²) < 4.78 is 11.1. The van der Waals surface area contributed by atoms with Crippen molar-refractivity contribution in [2.24, 2.45) is 0 Å². The van der Waals surface area contributed by atoms with Crippen molar-refractivity contribution in [1.29, 1.82) is 0 Å². The van der Waals surface area contributed by atoms with Gasteiger partial charge in [0, 0.05) is 34.7 Å². The Balaban J connectivity index is 0.000000180. The van der Waals surface area contributed by atoms with E-state index in [0.717, 1.165) is 22.2 Å². The summed E-state index contributed by atoms with van der Waals surface area (Å²) in [4.78, 5) is 8.63. The monoisotopic (exact) mass is 476 g/mol. The van der Waals surface area contributed by atoms with Crippen LogP contribution in [0, 0.1) is 0 Å². The van der Waals surface area contributed by atoms with Crippen LogP contribution >= 0.6 is 0 Å². The van der Waals surface area contributed by atoms with E-state index in [1.54, 1.807) is 36.4 Å². The maximum absolute atomic E-state index is 9.69. The number of hydrogen-bond acceptors (Lipinski definition) is 6. The summed E-state index contributed by atoms with van der Waals surface area (Å²) >= 11 is 0. The molecule has 0 saturated heterocycles. The quantitative estimate of drug-likeness (QED) is 0.314. The smallest absolute Gasteiger partial charge is 0.231 e. The fourth-order valence-corrected chi connectivity index (χ4v) is 3.28. The Labute approximate surface area is 216 Å². The highest BCUT2D eigenvalue weighted by molar-refractivity contribution is 5.78. The molecule has 6 rings (SSSR count). The predicted octanol–water partition coefficient (Wildman–Crippen LogP) is 5.64. The van der Waals surface area contributed by atoms with Crippen LogP contribution < -0.4 is 0 Å². The minimum absolute atomic E-state index is 0. The van der Waals surface area contributed by atoms with Gasteiger partial charge in [0.2, 0.25) is 11.8 Å². The van der Waals surface area contributed by atoms with Crippen molar-refractivity contribution < 1.29 is 19.0 Å². The molecule has 0 amide bonds. The number of para-hydroxylation sites is 6. The van der Waals surface area contributed by atoms with Crippen LogP contribution in [0.1, 0.15) is 0 Å². The zero-order valence-corrected chi connectivity index (χ0v) is 20.3. The fraction of sp³-hybridized carbons (Fsp3) is 0. The molecule has 0 aliphatic carbocycles. The van der Waals surface area contributed by atoms with Crippen LogP contribution in [0.15, 0.2) is 106 Å². The van der Waals surface area contributed by atoms with Gasteiger partial charge in [-0.3, -0.25) is 0 Å². The minimum Gasteiger partial charge on any atom is -0.507 e. The number of rotatable bonds is 2. The molecule has 2 heterocycles. The van der Waals surface area contributed by atoms with Crippen LogP contribution in [0.2, 0.25) is 0 Å². The maximum atomic E-state index is 9.69. The molecule has 0 spiro atoms. The summed E-state index contributed by atoms with van der Waals surface area (Å²) in [5, 5.41) is 19.4. The molecule has 2 aromatic heterocycles. The minimum atomic E-state index is 0. The van der Waals surface area contributed by atoms with E-state index in [-0.39, 0.29) is 46.2 Å². The van der Waals surface area contributed by atoms with E-state index in [1.165, 1.54) is 0 Å². The van der Waals surface area contributed by atoms with Crippen molar-refractivity contribution >= 4 is 56.9 Å². The summed E-state index contributed by atoms with van der Waals surface area (Å²) in [7, 11) is 0. The van der Waals surface area contributed by atoms with Crippen molar-refractivity contribution in [1.82, 2.24) is 9.97 Å². The number of aromatic nitrogens is 2. The first-order valence-corrected chi connectivity index (χ1v) is 9.97. The highest BCUT2D eigenvalue weighted by Crippen LogP contribution is 2.31. The number of phenolic OH excluding ortho intramolecular Hbond substituents is 2. The molecular weight excluding hydrogens is 458 g/mol. The normalized spacial score (nSPS) is 10.1. The van der Waals surface area contributed by atoms with E-state index in [2.05, 4.69) is 9.97 Å². The number of phenols is 2. The largest absolute Gasteiger partial charge is 0.507 e. The van der Waals surface area contributed by atoms with Crippen molar-refractivity contribution in [3.05, 3.63) is 97.1 Å². The van der Waals surface area contributed by atoms with Gasteiger partial charge in [0.15, 0.2) is 11.2 Å². The molecule has 6 radical (unpaired) electrons. The summed E-state index contributed by atoms with van der Waals surface area (Å²) in [6, 6.07) is 29.0. The van der Waals surface area contributed by atoms with Gasteiger partial charge < -0.3 is 19.0 Å². The lowest BCUT2D eigenvalue weighted by molar-refractivity contribution is 0.473. The maximum Gasteiger partial charge on any atom is 0.231 e. The molecule has 0 fully saturated rings. The SMILES string of the molecule is Oc1ccccc1-c1nc2ccccc2o1.Oc1ccccc1-c1nc2ccccc2o1.[Al].[Al]. The molecule has 34 heavy (non-hydrogen) atoms. The summed E-state index contributed by atoms with van der Waals surface area (Å²) in [6.07, 6.45) is 0. The third-order valence-electron chi connectivity index (χ3n) is 4.86. The van der Waals surface area contributed by atoms with Crippen LogP contribution in [0.5, 0.6) is 11.5 Å². The molecule has 4 aromatic carbocycles. The highest BCUT2D eigenvalue weighted by atomic mass is 27.0. The van der Waals surface area contributed by atoms with Crippen LogP contribution in [-0.4, -0.2) is 54.9 Å². The van der Waals surface area contributed by atoms with Crippen molar-refractivity contribution in [2.45, 2.75) is 0 Å². The Morgan fingerprint density at radius 1 is 0.471 bits per heavy atom. The summed E-state index contributed by atoms with van der Waals surface area (Å²) in [6.45, 7) is 0. The predicted molar refractivity (Wildman–Crippen MR) is 134 cm³/mol. The Kier molecular flexibility index (Phi) is 8.18. The lowest BCUT2D eigenvalue weighted by atomic mass is 10.2. The first-order chi connectivity index (χ1) is 15.7. The summed E-state index contributed by atoms with van der Waals surface area (Å²) in [5.74, 6) is 1.24. The fourth-order valence-electron chi connectivity index (χ4n) is 3.28. The van der Waals surface area contributed by atoms with Crippen LogP contribution in [-0.2, 0) is 0 Å². The third kappa shape index (κ3) is 5.17. The van der Waals surface area contributed by atoms with Crippen molar-refractivity contribution in [3.63, 3.8) is 0 Å². The van der Waals surface area contributed by atoms with Gasteiger partial charge in [-0.25, -0.2) is 9.97 Å². The molecule has 0 aliphatic rings. The molecule has 6 aromatic rings.